The number of benzene rings is 1. The van der Waals surface area contributed by atoms with Gasteiger partial charge in [0.15, 0.2) is 5.78 Å². The number of rotatable bonds is 5. The average Bonchev–Trinajstić information content (AvgIpc) is 2.19. The first-order valence-electron chi connectivity index (χ1n) is 5.44. The van der Waals surface area contributed by atoms with E-state index in [-0.39, 0.29) is 5.78 Å². The molecule has 0 unspecified atom stereocenters. The lowest BCUT2D eigenvalue weighted by Gasteiger charge is -2.10. The van der Waals surface area contributed by atoms with Gasteiger partial charge in [-0.05, 0) is 37.5 Å². The van der Waals surface area contributed by atoms with E-state index in [4.69, 9.17) is 16.3 Å². The molecule has 0 heterocycles. The molecule has 0 saturated heterocycles. The third-order valence-corrected chi connectivity index (χ3v) is 2.59. The van der Waals surface area contributed by atoms with Crippen molar-refractivity contribution in [2.45, 2.75) is 27.2 Å². The second-order valence-corrected chi connectivity index (χ2v) is 4.64. The molecule has 16 heavy (non-hydrogen) atoms. The average molecular weight is 241 g/mol. The van der Waals surface area contributed by atoms with Crippen LogP contribution in [0, 0.1) is 5.92 Å². The van der Waals surface area contributed by atoms with Crippen LogP contribution in [0.15, 0.2) is 18.2 Å². The van der Waals surface area contributed by atoms with E-state index >= 15 is 0 Å². The topological polar surface area (TPSA) is 26.3 Å². The summed E-state index contributed by atoms with van der Waals surface area (Å²) < 4.78 is 5.54. The van der Waals surface area contributed by atoms with Gasteiger partial charge in [-0.25, -0.2) is 0 Å². The van der Waals surface area contributed by atoms with E-state index < -0.39 is 0 Å². The van der Waals surface area contributed by atoms with Gasteiger partial charge >= 0.3 is 0 Å². The lowest BCUT2D eigenvalue weighted by Crippen LogP contribution is -2.02. The van der Waals surface area contributed by atoms with Crippen LogP contribution in [0.5, 0.6) is 5.75 Å². The molecule has 1 aromatic rings. The summed E-state index contributed by atoms with van der Waals surface area (Å²) in [4.78, 5) is 11.1. The van der Waals surface area contributed by atoms with E-state index in [1.807, 2.05) is 0 Å². The molecule has 3 heteroatoms. The number of Topliss-reactive ketones (excluding diaryl/α,β-unsaturated/α-hetero) is 1. The number of hydrogen-bond acceptors (Lipinski definition) is 2. The van der Waals surface area contributed by atoms with Gasteiger partial charge in [0.05, 0.1) is 11.6 Å². The zero-order chi connectivity index (χ0) is 12.1. The number of hydrogen-bond donors (Lipinski definition) is 0. The molecule has 0 fully saturated rings. The molecule has 0 aliphatic rings. The van der Waals surface area contributed by atoms with Crippen molar-refractivity contribution >= 4 is 17.4 Å². The van der Waals surface area contributed by atoms with Gasteiger partial charge in [-0.15, -0.1) is 0 Å². The highest BCUT2D eigenvalue weighted by molar-refractivity contribution is 6.32. The Hall–Kier alpha value is -1.02. The summed E-state index contributed by atoms with van der Waals surface area (Å²) in [5.41, 5.74) is 0.612. The standard InChI is InChI=1S/C13H17ClO2/c1-9(2)6-7-16-13-5-4-11(10(3)15)8-12(13)14/h4-5,8-9H,6-7H2,1-3H3. The fourth-order valence-corrected chi connectivity index (χ4v) is 1.48. The van der Waals surface area contributed by atoms with Gasteiger partial charge in [0.2, 0.25) is 0 Å². The van der Waals surface area contributed by atoms with E-state index in [1.54, 1.807) is 18.2 Å². The normalized spacial score (nSPS) is 10.6. The first-order valence-corrected chi connectivity index (χ1v) is 5.81. The molecule has 0 amide bonds. The van der Waals surface area contributed by atoms with Crippen molar-refractivity contribution in [2.75, 3.05) is 6.61 Å². The monoisotopic (exact) mass is 240 g/mol. The van der Waals surface area contributed by atoms with E-state index in [2.05, 4.69) is 13.8 Å². The molecule has 0 bridgehead atoms. The fourth-order valence-electron chi connectivity index (χ4n) is 1.24. The quantitative estimate of drug-likeness (QED) is 0.728. The Labute approximate surface area is 102 Å². The Kier molecular flexibility index (Phi) is 4.81. The SMILES string of the molecule is CC(=O)c1ccc(OCCC(C)C)c(Cl)c1. The predicted octanol–water partition coefficient (Wildman–Crippen LogP) is 3.97. The minimum atomic E-state index is 0.00984. The molecule has 1 rings (SSSR count). The fraction of sp³-hybridized carbons (Fsp3) is 0.462. The van der Waals surface area contributed by atoms with Gasteiger partial charge in [0, 0.05) is 5.56 Å². The van der Waals surface area contributed by atoms with Crippen LogP contribution < -0.4 is 4.74 Å². The number of halogens is 1. The summed E-state index contributed by atoms with van der Waals surface area (Å²) in [7, 11) is 0. The molecule has 0 N–H and O–H groups in total. The second kappa shape index (κ2) is 5.90. The van der Waals surface area contributed by atoms with Crippen molar-refractivity contribution in [2.24, 2.45) is 5.92 Å². The van der Waals surface area contributed by atoms with Crippen LogP contribution in [0.1, 0.15) is 37.6 Å². The lowest BCUT2D eigenvalue weighted by atomic mass is 10.1. The molecule has 0 aliphatic heterocycles. The zero-order valence-electron chi connectivity index (χ0n) is 9.92. The number of carbonyl (C=O) groups excluding carboxylic acids is 1. The van der Waals surface area contributed by atoms with Gasteiger partial charge in [-0.3, -0.25) is 4.79 Å². The molecule has 2 nitrogen and oxygen atoms in total. The molecule has 0 saturated carbocycles. The zero-order valence-corrected chi connectivity index (χ0v) is 10.7. The summed E-state index contributed by atoms with van der Waals surface area (Å²) in [6.45, 7) is 6.45. The Morgan fingerprint density at radius 2 is 2.12 bits per heavy atom. The smallest absolute Gasteiger partial charge is 0.159 e. The van der Waals surface area contributed by atoms with Gasteiger partial charge in [0.25, 0.3) is 0 Å². The highest BCUT2D eigenvalue weighted by Gasteiger charge is 2.06. The van der Waals surface area contributed by atoms with E-state index in [9.17, 15) is 4.79 Å². The summed E-state index contributed by atoms with van der Waals surface area (Å²) in [6, 6.07) is 5.13. The van der Waals surface area contributed by atoms with Gasteiger partial charge in [-0.1, -0.05) is 25.4 Å². The van der Waals surface area contributed by atoms with Crippen LogP contribution in [0.4, 0.5) is 0 Å². The minimum Gasteiger partial charge on any atom is -0.492 e. The Bertz CT molecular complexity index is 372. The van der Waals surface area contributed by atoms with Crippen LogP contribution in [-0.2, 0) is 0 Å². The van der Waals surface area contributed by atoms with Crippen molar-refractivity contribution in [3.05, 3.63) is 28.8 Å². The summed E-state index contributed by atoms with van der Waals surface area (Å²) in [5, 5.41) is 0.497. The van der Waals surface area contributed by atoms with E-state index in [0.29, 0.717) is 28.9 Å². The molecule has 0 radical (unpaired) electrons. The van der Waals surface area contributed by atoms with Crippen molar-refractivity contribution < 1.29 is 9.53 Å². The maximum absolute atomic E-state index is 11.1. The molecule has 0 aliphatic carbocycles. The first-order chi connectivity index (χ1) is 7.50. The van der Waals surface area contributed by atoms with Crippen LogP contribution in [-0.4, -0.2) is 12.4 Å². The highest BCUT2D eigenvalue weighted by atomic mass is 35.5. The van der Waals surface area contributed by atoms with Gasteiger partial charge in [-0.2, -0.15) is 0 Å². The largest absolute Gasteiger partial charge is 0.492 e. The number of carbonyl (C=O) groups is 1. The number of ketones is 1. The first kappa shape index (κ1) is 13.0. The molecule has 88 valence electrons. The third-order valence-electron chi connectivity index (χ3n) is 2.29. The molecule has 0 spiro atoms. The predicted molar refractivity (Wildman–Crippen MR) is 66.4 cm³/mol. The van der Waals surface area contributed by atoms with Crippen molar-refractivity contribution in [3.63, 3.8) is 0 Å². The third kappa shape index (κ3) is 3.86. The second-order valence-electron chi connectivity index (χ2n) is 4.23. The van der Waals surface area contributed by atoms with Crippen molar-refractivity contribution in [1.82, 2.24) is 0 Å². The molecular weight excluding hydrogens is 224 g/mol. The molecule has 0 atom stereocenters. The summed E-state index contributed by atoms with van der Waals surface area (Å²) in [5.74, 6) is 1.26. The molecule has 0 aromatic heterocycles. The van der Waals surface area contributed by atoms with E-state index in [0.717, 1.165) is 6.42 Å². The van der Waals surface area contributed by atoms with Crippen molar-refractivity contribution in [1.29, 1.82) is 0 Å². The van der Waals surface area contributed by atoms with E-state index in [1.165, 1.54) is 6.92 Å². The lowest BCUT2D eigenvalue weighted by molar-refractivity contribution is 0.101. The summed E-state index contributed by atoms with van der Waals surface area (Å²) in [6.07, 6.45) is 0.991. The van der Waals surface area contributed by atoms with Crippen LogP contribution in [0.25, 0.3) is 0 Å². The van der Waals surface area contributed by atoms with Gasteiger partial charge in [0.1, 0.15) is 5.75 Å². The van der Waals surface area contributed by atoms with Crippen LogP contribution >= 0.6 is 11.6 Å². The molecular formula is C13H17ClO2. The number of ether oxygens (including phenoxy) is 1. The highest BCUT2D eigenvalue weighted by Crippen LogP contribution is 2.25. The Morgan fingerprint density at radius 1 is 1.44 bits per heavy atom. The maximum atomic E-state index is 11.1. The van der Waals surface area contributed by atoms with Crippen molar-refractivity contribution in [3.8, 4) is 5.75 Å². The Morgan fingerprint density at radius 3 is 2.62 bits per heavy atom. The van der Waals surface area contributed by atoms with Gasteiger partial charge < -0.3 is 4.74 Å². The van der Waals surface area contributed by atoms with Crippen LogP contribution in [0.3, 0.4) is 0 Å². The summed E-state index contributed by atoms with van der Waals surface area (Å²) >= 11 is 6.01. The maximum Gasteiger partial charge on any atom is 0.159 e. The minimum absolute atomic E-state index is 0.00984. The Balaban J connectivity index is 2.64. The van der Waals surface area contributed by atoms with Crippen LogP contribution in [0.2, 0.25) is 5.02 Å². The molecule has 1 aromatic carbocycles.